The lowest BCUT2D eigenvalue weighted by Crippen LogP contribution is -2.23. The first-order valence-electron chi connectivity index (χ1n) is 9.56. The van der Waals surface area contributed by atoms with Gasteiger partial charge < -0.3 is 9.88 Å². The summed E-state index contributed by atoms with van der Waals surface area (Å²) in [6.45, 7) is 2.54. The van der Waals surface area contributed by atoms with Crippen LogP contribution in [-0.4, -0.2) is 32.3 Å². The molecule has 0 saturated carbocycles. The van der Waals surface area contributed by atoms with Crippen molar-refractivity contribution in [2.24, 2.45) is 0 Å². The highest BCUT2D eigenvalue weighted by Crippen LogP contribution is 2.36. The lowest BCUT2D eigenvalue weighted by Gasteiger charge is -2.10. The van der Waals surface area contributed by atoms with Gasteiger partial charge in [-0.25, -0.2) is 4.98 Å². The van der Waals surface area contributed by atoms with Crippen LogP contribution in [0, 0.1) is 0 Å². The number of hydrogen-bond donors (Lipinski definition) is 2. The predicted octanol–water partition coefficient (Wildman–Crippen LogP) is 1.96. The van der Waals surface area contributed by atoms with Gasteiger partial charge in [0, 0.05) is 37.4 Å². The van der Waals surface area contributed by atoms with Gasteiger partial charge in [-0.2, -0.15) is 0 Å². The standard InChI is InChI=1S/C22H17N5O2/c28-21-18(14-5-4-13-11-23-7-10-26-9-6-15(14)20(13)26)19(22(29)25-21)16-12-24-17-3-1-2-8-27(16)17/h1-6,8-9,12,23H,7,10-11H2,(H,25,28,29). The van der Waals surface area contributed by atoms with Gasteiger partial charge in [-0.05, 0) is 29.3 Å². The van der Waals surface area contributed by atoms with E-state index < -0.39 is 5.91 Å². The number of amides is 2. The third-order valence-electron chi connectivity index (χ3n) is 5.73. The van der Waals surface area contributed by atoms with Gasteiger partial charge in [-0.1, -0.05) is 18.2 Å². The van der Waals surface area contributed by atoms with Gasteiger partial charge in [-0.3, -0.25) is 19.3 Å². The Morgan fingerprint density at radius 1 is 0.966 bits per heavy atom. The Labute approximate surface area is 165 Å². The van der Waals surface area contributed by atoms with E-state index in [0.29, 0.717) is 16.8 Å². The highest BCUT2D eigenvalue weighted by Gasteiger charge is 2.35. The van der Waals surface area contributed by atoms with Crippen molar-refractivity contribution in [3.8, 4) is 0 Å². The second-order valence-electron chi connectivity index (χ2n) is 7.33. The lowest BCUT2D eigenvalue weighted by atomic mass is 9.95. The Bertz CT molecular complexity index is 1370. The van der Waals surface area contributed by atoms with Crippen molar-refractivity contribution < 1.29 is 9.59 Å². The molecule has 0 saturated heterocycles. The predicted molar refractivity (Wildman–Crippen MR) is 109 cm³/mol. The number of aromatic nitrogens is 3. The molecular weight excluding hydrogens is 366 g/mol. The van der Waals surface area contributed by atoms with E-state index in [4.69, 9.17) is 0 Å². The second-order valence-corrected chi connectivity index (χ2v) is 7.33. The van der Waals surface area contributed by atoms with E-state index in [1.165, 1.54) is 5.56 Å². The fraction of sp³-hybridized carbons (Fsp3) is 0.136. The summed E-state index contributed by atoms with van der Waals surface area (Å²) in [7, 11) is 0. The molecule has 0 aliphatic carbocycles. The fourth-order valence-electron chi connectivity index (χ4n) is 4.44. The first kappa shape index (κ1) is 16.3. The molecule has 0 unspecified atom stereocenters. The van der Waals surface area contributed by atoms with Crippen LogP contribution in [0.1, 0.15) is 16.8 Å². The van der Waals surface area contributed by atoms with Gasteiger partial charge in [0.2, 0.25) is 0 Å². The Morgan fingerprint density at radius 2 is 1.86 bits per heavy atom. The third kappa shape index (κ3) is 2.25. The summed E-state index contributed by atoms with van der Waals surface area (Å²) in [6, 6.07) is 11.7. The largest absolute Gasteiger partial charge is 0.346 e. The zero-order valence-corrected chi connectivity index (χ0v) is 15.5. The number of imidazole rings is 1. The average Bonchev–Trinajstić information content (AvgIpc) is 3.36. The van der Waals surface area contributed by atoms with Gasteiger partial charge in [0.05, 0.1) is 28.6 Å². The Hall–Kier alpha value is -3.71. The molecule has 2 amide bonds. The number of benzene rings is 1. The van der Waals surface area contributed by atoms with Crippen LogP contribution in [0.2, 0.25) is 0 Å². The van der Waals surface area contributed by atoms with Crippen molar-refractivity contribution in [1.29, 1.82) is 0 Å². The molecule has 3 aromatic heterocycles. The number of rotatable bonds is 2. The summed E-state index contributed by atoms with van der Waals surface area (Å²) in [5.41, 5.74) is 5.18. The maximum Gasteiger partial charge on any atom is 0.261 e. The molecule has 2 aliphatic heterocycles. The van der Waals surface area contributed by atoms with Crippen molar-refractivity contribution >= 4 is 39.5 Å². The summed E-state index contributed by atoms with van der Waals surface area (Å²) < 4.78 is 4.04. The minimum absolute atomic E-state index is 0.364. The van der Waals surface area contributed by atoms with Crippen molar-refractivity contribution in [2.45, 2.75) is 13.1 Å². The molecule has 0 spiro atoms. The van der Waals surface area contributed by atoms with E-state index in [0.717, 1.165) is 41.7 Å². The number of hydrogen-bond acceptors (Lipinski definition) is 4. The number of nitrogens with one attached hydrogen (secondary N) is 2. The number of carbonyl (C=O) groups is 2. The summed E-state index contributed by atoms with van der Waals surface area (Å²) in [5, 5.41) is 6.88. The van der Waals surface area contributed by atoms with Crippen LogP contribution in [-0.2, 0) is 22.7 Å². The van der Waals surface area contributed by atoms with E-state index in [1.807, 2.05) is 53.2 Å². The number of pyridine rings is 1. The maximum atomic E-state index is 12.9. The minimum atomic E-state index is -0.390. The molecule has 2 N–H and O–H groups in total. The zero-order chi connectivity index (χ0) is 19.5. The Balaban J connectivity index is 1.67. The van der Waals surface area contributed by atoms with E-state index in [2.05, 4.69) is 20.2 Å². The van der Waals surface area contributed by atoms with E-state index in [-0.39, 0.29) is 5.91 Å². The van der Waals surface area contributed by atoms with Gasteiger partial charge in [0.25, 0.3) is 11.8 Å². The van der Waals surface area contributed by atoms with Crippen molar-refractivity contribution in [1.82, 2.24) is 24.6 Å². The third-order valence-corrected chi connectivity index (χ3v) is 5.73. The van der Waals surface area contributed by atoms with Gasteiger partial charge in [0.1, 0.15) is 5.65 Å². The number of nitrogens with zero attached hydrogens (tertiary/aromatic N) is 3. The molecule has 0 atom stereocenters. The second kappa shape index (κ2) is 5.89. The smallest absolute Gasteiger partial charge is 0.261 e. The lowest BCUT2D eigenvalue weighted by molar-refractivity contribution is -0.122. The van der Waals surface area contributed by atoms with Crippen molar-refractivity contribution in [3.05, 3.63) is 71.8 Å². The van der Waals surface area contributed by atoms with E-state index in [1.54, 1.807) is 6.20 Å². The van der Waals surface area contributed by atoms with Gasteiger partial charge in [-0.15, -0.1) is 0 Å². The quantitative estimate of drug-likeness (QED) is 0.519. The fourth-order valence-corrected chi connectivity index (χ4v) is 4.44. The minimum Gasteiger partial charge on any atom is -0.346 e. The summed E-state index contributed by atoms with van der Waals surface area (Å²) >= 11 is 0. The molecule has 142 valence electrons. The van der Waals surface area contributed by atoms with Crippen LogP contribution in [0.5, 0.6) is 0 Å². The summed E-state index contributed by atoms with van der Waals surface area (Å²) in [6.07, 6.45) is 5.55. The average molecular weight is 383 g/mol. The van der Waals surface area contributed by atoms with Crippen LogP contribution in [0.25, 0.3) is 27.7 Å². The van der Waals surface area contributed by atoms with E-state index >= 15 is 0 Å². The summed E-state index contributed by atoms with van der Waals surface area (Å²) in [4.78, 5) is 30.1. The first-order valence-corrected chi connectivity index (χ1v) is 9.56. The van der Waals surface area contributed by atoms with Crippen LogP contribution < -0.4 is 10.6 Å². The number of fused-ring (bicyclic) bond motifs is 1. The number of imide groups is 1. The molecule has 0 bridgehead atoms. The molecular formula is C22H17N5O2. The molecule has 0 fully saturated rings. The zero-order valence-electron chi connectivity index (χ0n) is 15.5. The van der Waals surface area contributed by atoms with Crippen LogP contribution >= 0.6 is 0 Å². The first-order chi connectivity index (χ1) is 14.2. The molecule has 4 aromatic rings. The van der Waals surface area contributed by atoms with Crippen molar-refractivity contribution in [2.75, 3.05) is 6.54 Å². The molecule has 1 aromatic carbocycles. The molecule has 7 heteroatoms. The molecule has 2 aliphatic rings. The van der Waals surface area contributed by atoms with Gasteiger partial charge in [0.15, 0.2) is 0 Å². The molecule has 5 heterocycles. The molecule has 29 heavy (non-hydrogen) atoms. The molecule has 7 nitrogen and oxygen atoms in total. The highest BCUT2D eigenvalue weighted by atomic mass is 16.2. The van der Waals surface area contributed by atoms with Crippen LogP contribution in [0.4, 0.5) is 0 Å². The Morgan fingerprint density at radius 3 is 2.79 bits per heavy atom. The summed E-state index contributed by atoms with van der Waals surface area (Å²) in [5.74, 6) is -0.760. The highest BCUT2D eigenvalue weighted by molar-refractivity contribution is 6.49. The normalized spacial score (nSPS) is 16.7. The number of carbonyl (C=O) groups excluding carboxylic acids is 2. The van der Waals surface area contributed by atoms with Crippen molar-refractivity contribution in [3.63, 3.8) is 0 Å². The van der Waals surface area contributed by atoms with Crippen LogP contribution in [0.3, 0.4) is 0 Å². The maximum absolute atomic E-state index is 12.9. The van der Waals surface area contributed by atoms with E-state index in [9.17, 15) is 9.59 Å². The van der Waals surface area contributed by atoms with Crippen LogP contribution in [0.15, 0.2) is 55.0 Å². The monoisotopic (exact) mass is 383 g/mol. The molecule has 0 radical (unpaired) electrons. The van der Waals surface area contributed by atoms with Gasteiger partial charge >= 0.3 is 0 Å². The SMILES string of the molecule is O=C1NC(=O)C(c2cnc3ccccn23)=C1c1ccc2c3c1ccn3CCNC2. The molecule has 6 rings (SSSR count). The topological polar surface area (TPSA) is 80.4 Å². The Kier molecular flexibility index (Phi) is 3.30.